The molecular weight excluding hydrogens is 590 g/mol. The van der Waals surface area contributed by atoms with Crippen molar-refractivity contribution in [1.82, 2.24) is 4.98 Å². The maximum Gasteiger partial charge on any atom is 0.416 e. The van der Waals surface area contributed by atoms with Crippen molar-refractivity contribution in [1.29, 1.82) is 0 Å². The summed E-state index contributed by atoms with van der Waals surface area (Å²) in [6.45, 7) is 3.18. The second-order valence-corrected chi connectivity index (χ2v) is 11.5. The van der Waals surface area contributed by atoms with Crippen LogP contribution in [0.3, 0.4) is 0 Å². The minimum atomic E-state index is -4.46. The Balaban J connectivity index is 1.62. The van der Waals surface area contributed by atoms with E-state index in [1.165, 1.54) is 53.4 Å². The van der Waals surface area contributed by atoms with Gasteiger partial charge in [0.1, 0.15) is 17.4 Å². The smallest absolute Gasteiger partial charge is 0.416 e. The van der Waals surface area contributed by atoms with Crippen LogP contribution in [-0.4, -0.2) is 22.7 Å². The van der Waals surface area contributed by atoms with E-state index in [4.69, 9.17) is 26.2 Å². The molecule has 1 aromatic heterocycles. The lowest BCUT2D eigenvalue weighted by Gasteiger charge is -2.14. The molecule has 0 unspecified atom stereocenters. The fourth-order valence-corrected chi connectivity index (χ4v) is 6.28. The first kappa shape index (κ1) is 29.7. The summed E-state index contributed by atoms with van der Waals surface area (Å²) >= 11 is 8.90. The lowest BCUT2D eigenvalue weighted by atomic mass is 10.1. The SMILES string of the molecule is Cc1cc(S[C@@H](C)c2sc(-c3ccc(C(F)(F)F)cc3)nc2COc2c(F)cccc2Cl)ccc1OCC(=O)O. The number of carboxylic acids is 1. The van der Waals surface area contributed by atoms with Gasteiger partial charge in [0.2, 0.25) is 0 Å². The van der Waals surface area contributed by atoms with Gasteiger partial charge in [-0.15, -0.1) is 23.1 Å². The molecule has 0 amide bonds. The Morgan fingerprint density at radius 3 is 2.48 bits per heavy atom. The molecule has 0 saturated carbocycles. The number of halogens is 5. The number of benzene rings is 3. The fraction of sp³-hybridized carbons (Fsp3) is 0.214. The molecule has 0 spiro atoms. The zero-order valence-corrected chi connectivity index (χ0v) is 23.5. The van der Waals surface area contributed by atoms with Gasteiger partial charge in [0.15, 0.2) is 18.2 Å². The molecule has 0 fully saturated rings. The number of rotatable bonds is 10. The number of hydrogen-bond donors (Lipinski definition) is 1. The van der Waals surface area contributed by atoms with Crippen LogP contribution in [0.25, 0.3) is 10.6 Å². The second kappa shape index (κ2) is 12.5. The highest BCUT2D eigenvalue weighted by molar-refractivity contribution is 7.99. The zero-order valence-electron chi connectivity index (χ0n) is 21.1. The van der Waals surface area contributed by atoms with E-state index >= 15 is 0 Å². The van der Waals surface area contributed by atoms with E-state index in [-0.39, 0.29) is 22.6 Å². The number of ether oxygens (including phenoxy) is 2. The highest BCUT2D eigenvalue weighted by Crippen LogP contribution is 2.43. The van der Waals surface area contributed by atoms with Crippen LogP contribution in [0.5, 0.6) is 11.5 Å². The first-order valence-electron chi connectivity index (χ1n) is 11.8. The van der Waals surface area contributed by atoms with Crippen LogP contribution >= 0.6 is 34.7 Å². The van der Waals surface area contributed by atoms with Crippen molar-refractivity contribution in [3.63, 3.8) is 0 Å². The highest BCUT2D eigenvalue weighted by Gasteiger charge is 2.30. The van der Waals surface area contributed by atoms with Crippen molar-refractivity contribution in [2.24, 2.45) is 0 Å². The zero-order chi connectivity index (χ0) is 29.0. The van der Waals surface area contributed by atoms with E-state index in [2.05, 4.69) is 4.98 Å². The highest BCUT2D eigenvalue weighted by atomic mass is 35.5. The summed E-state index contributed by atoms with van der Waals surface area (Å²) in [7, 11) is 0. The molecule has 12 heteroatoms. The first-order chi connectivity index (χ1) is 18.9. The van der Waals surface area contributed by atoms with Gasteiger partial charge in [-0.1, -0.05) is 29.8 Å². The predicted molar refractivity (Wildman–Crippen MR) is 147 cm³/mol. The van der Waals surface area contributed by atoms with E-state index in [9.17, 15) is 22.4 Å². The minimum Gasteiger partial charge on any atom is -0.483 e. The summed E-state index contributed by atoms with van der Waals surface area (Å²) in [5, 5.41) is 9.26. The van der Waals surface area contributed by atoms with Crippen LogP contribution in [0.15, 0.2) is 65.6 Å². The Kier molecular flexibility index (Phi) is 9.27. The maximum absolute atomic E-state index is 14.3. The van der Waals surface area contributed by atoms with E-state index in [1.807, 2.05) is 13.0 Å². The number of alkyl halides is 3. The van der Waals surface area contributed by atoms with Crippen LogP contribution in [0.4, 0.5) is 17.6 Å². The number of carbonyl (C=O) groups is 1. The number of hydrogen-bond acceptors (Lipinski definition) is 6. The standard InChI is InChI=1S/C28H22ClF4NO4S2/c1-15-12-19(10-11-23(15)37-14-24(35)36)39-16(2)26-22(13-38-25-20(29)4-3-5-21(25)30)34-27(40-26)17-6-8-18(9-7-17)28(31,32)33/h3-12,16H,13-14H2,1-2H3,(H,35,36)/t16-/m0/s1. The van der Waals surface area contributed by atoms with Crippen molar-refractivity contribution in [2.75, 3.05) is 6.61 Å². The number of para-hydroxylation sites is 1. The monoisotopic (exact) mass is 611 g/mol. The summed E-state index contributed by atoms with van der Waals surface area (Å²) < 4.78 is 64.5. The third-order valence-corrected chi connectivity index (χ3v) is 8.53. The van der Waals surface area contributed by atoms with Crippen molar-refractivity contribution in [3.8, 4) is 22.1 Å². The molecule has 40 heavy (non-hydrogen) atoms. The van der Waals surface area contributed by atoms with Crippen LogP contribution in [-0.2, 0) is 17.6 Å². The van der Waals surface area contributed by atoms with E-state index in [1.54, 1.807) is 19.1 Å². The summed E-state index contributed by atoms with van der Waals surface area (Å²) in [6, 6.07) is 14.3. The minimum absolute atomic E-state index is 0.0999. The molecule has 4 aromatic rings. The molecule has 0 saturated heterocycles. The van der Waals surface area contributed by atoms with Crippen LogP contribution in [0.2, 0.25) is 5.02 Å². The van der Waals surface area contributed by atoms with E-state index in [0.717, 1.165) is 27.5 Å². The second-order valence-electron chi connectivity index (χ2n) is 8.61. The van der Waals surface area contributed by atoms with Gasteiger partial charge in [0, 0.05) is 20.6 Å². The Morgan fingerprint density at radius 1 is 1.12 bits per heavy atom. The number of aliphatic carboxylic acids is 1. The molecule has 5 nitrogen and oxygen atoms in total. The van der Waals surface area contributed by atoms with E-state index in [0.29, 0.717) is 22.0 Å². The molecule has 0 bridgehead atoms. The van der Waals surface area contributed by atoms with Gasteiger partial charge in [0.25, 0.3) is 0 Å². The third-order valence-electron chi connectivity index (χ3n) is 5.64. The molecular formula is C28H22ClF4NO4S2. The van der Waals surface area contributed by atoms with Crippen LogP contribution in [0, 0.1) is 12.7 Å². The maximum atomic E-state index is 14.3. The molecule has 0 aliphatic rings. The fourth-order valence-electron chi connectivity index (χ4n) is 3.73. The van der Waals surface area contributed by atoms with Crippen LogP contribution in [0.1, 0.15) is 33.9 Å². The Bertz CT molecular complexity index is 1490. The molecule has 1 heterocycles. The molecule has 0 radical (unpaired) electrons. The number of thiazole rings is 1. The number of thioether (sulfide) groups is 1. The number of aryl methyl sites for hydroxylation is 1. The average molecular weight is 612 g/mol. The van der Waals surface area contributed by atoms with Gasteiger partial charge < -0.3 is 14.6 Å². The summed E-state index contributed by atoms with van der Waals surface area (Å²) in [6.07, 6.45) is -4.46. The van der Waals surface area contributed by atoms with Crippen molar-refractivity contribution in [3.05, 3.63) is 93.2 Å². The van der Waals surface area contributed by atoms with Crippen molar-refractivity contribution in [2.45, 2.75) is 36.8 Å². The van der Waals surface area contributed by atoms with Crippen LogP contribution < -0.4 is 9.47 Å². The Labute approximate surface area is 240 Å². The normalized spacial score (nSPS) is 12.3. The molecule has 4 rings (SSSR count). The van der Waals surface area contributed by atoms with Crippen molar-refractivity contribution < 1.29 is 36.9 Å². The summed E-state index contributed by atoms with van der Waals surface area (Å²) in [5.41, 5.74) is 0.992. The van der Waals surface area contributed by atoms with Gasteiger partial charge >= 0.3 is 12.1 Å². The molecule has 3 aromatic carbocycles. The summed E-state index contributed by atoms with van der Waals surface area (Å²) in [4.78, 5) is 17.1. The van der Waals surface area contributed by atoms with Crippen molar-refractivity contribution >= 4 is 40.7 Å². The van der Waals surface area contributed by atoms with Gasteiger partial charge in [-0.25, -0.2) is 14.2 Å². The quantitative estimate of drug-likeness (QED) is 0.143. The Hall–Kier alpha value is -3.28. The molecule has 1 atom stereocenters. The average Bonchev–Trinajstić information content (AvgIpc) is 3.32. The third kappa shape index (κ3) is 7.26. The predicted octanol–water partition coefficient (Wildman–Crippen LogP) is 8.83. The first-order valence-corrected chi connectivity index (χ1v) is 13.9. The lowest BCUT2D eigenvalue weighted by Crippen LogP contribution is -2.10. The van der Waals surface area contributed by atoms with Gasteiger partial charge in [-0.3, -0.25) is 0 Å². The van der Waals surface area contributed by atoms with E-state index < -0.39 is 30.1 Å². The number of aromatic nitrogens is 1. The molecule has 210 valence electrons. The Morgan fingerprint density at radius 2 is 1.85 bits per heavy atom. The topological polar surface area (TPSA) is 68.7 Å². The molecule has 0 aliphatic heterocycles. The molecule has 1 N–H and O–H groups in total. The van der Waals surface area contributed by atoms with Gasteiger partial charge in [-0.2, -0.15) is 13.2 Å². The molecule has 0 aliphatic carbocycles. The largest absolute Gasteiger partial charge is 0.483 e. The van der Waals surface area contributed by atoms with Gasteiger partial charge in [-0.05, 0) is 61.9 Å². The number of carboxylic acid groups (broad SMARTS) is 1. The number of nitrogens with zero attached hydrogens (tertiary/aromatic N) is 1. The van der Waals surface area contributed by atoms with Gasteiger partial charge in [0.05, 0.1) is 16.3 Å². The summed E-state index contributed by atoms with van der Waals surface area (Å²) in [5.74, 6) is -1.37. The lowest BCUT2D eigenvalue weighted by molar-refractivity contribution is -0.139.